The predicted octanol–water partition coefficient (Wildman–Crippen LogP) is 2.35. The average Bonchev–Trinajstić information content (AvgIpc) is 2.47. The molecular weight excluding hydrogens is 309 g/mol. The van der Waals surface area contributed by atoms with E-state index >= 15 is 0 Å². The van der Waals surface area contributed by atoms with Crippen LogP contribution >= 0.6 is 11.6 Å². The number of halogens is 2. The lowest BCUT2D eigenvalue weighted by molar-refractivity contribution is 0.0702. The van der Waals surface area contributed by atoms with Gasteiger partial charge in [-0.05, 0) is 25.0 Å². The SMILES string of the molecule is CN(C)C(=O)NC1CCN(C(=O)c2c(F)cccc2Cl)CC1. The molecule has 1 heterocycles. The average molecular weight is 328 g/mol. The van der Waals surface area contributed by atoms with Crippen LogP contribution < -0.4 is 5.32 Å². The van der Waals surface area contributed by atoms with E-state index in [0.29, 0.717) is 25.9 Å². The topological polar surface area (TPSA) is 52.7 Å². The van der Waals surface area contributed by atoms with Gasteiger partial charge in [0.2, 0.25) is 0 Å². The molecule has 1 saturated heterocycles. The summed E-state index contributed by atoms with van der Waals surface area (Å²) in [7, 11) is 3.35. The Kier molecular flexibility index (Phi) is 5.24. The van der Waals surface area contributed by atoms with E-state index in [9.17, 15) is 14.0 Å². The lowest BCUT2D eigenvalue weighted by Crippen LogP contribution is -2.49. The molecule has 7 heteroatoms. The summed E-state index contributed by atoms with van der Waals surface area (Å²) in [5, 5.41) is 3.01. The fourth-order valence-corrected chi connectivity index (χ4v) is 2.63. The van der Waals surface area contributed by atoms with Crippen molar-refractivity contribution in [3.63, 3.8) is 0 Å². The fraction of sp³-hybridized carbons (Fsp3) is 0.467. The predicted molar refractivity (Wildman–Crippen MR) is 82.6 cm³/mol. The van der Waals surface area contributed by atoms with Crippen LogP contribution in [-0.4, -0.2) is 55.0 Å². The number of rotatable bonds is 2. The number of hydrogen-bond donors (Lipinski definition) is 1. The van der Waals surface area contributed by atoms with Crippen molar-refractivity contribution in [3.8, 4) is 0 Å². The highest BCUT2D eigenvalue weighted by Crippen LogP contribution is 2.22. The number of nitrogens with zero attached hydrogens (tertiary/aromatic N) is 2. The van der Waals surface area contributed by atoms with Crippen molar-refractivity contribution >= 4 is 23.5 Å². The van der Waals surface area contributed by atoms with Crippen LogP contribution in [0.1, 0.15) is 23.2 Å². The molecule has 1 fully saturated rings. The van der Waals surface area contributed by atoms with Gasteiger partial charge in [0, 0.05) is 33.2 Å². The minimum atomic E-state index is -0.611. The molecule has 1 aliphatic heterocycles. The first-order valence-corrected chi connectivity index (χ1v) is 7.49. The van der Waals surface area contributed by atoms with Crippen molar-refractivity contribution in [2.45, 2.75) is 18.9 Å². The summed E-state index contributed by atoms with van der Waals surface area (Å²) in [5.74, 6) is -1.01. The second-order valence-corrected chi connectivity index (χ2v) is 5.91. The van der Waals surface area contributed by atoms with Crippen molar-refractivity contribution in [2.24, 2.45) is 0 Å². The Morgan fingerprint density at radius 1 is 1.32 bits per heavy atom. The van der Waals surface area contributed by atoms with Crippen LogP contribution in [-0.2, 0) is 0 Å². The van der Waals surface area contributed by atoms with Crippen LogP contribution in [0.5, 0.6) is 0 Å². The molecule has 5 nitrogen and oxygen atoms in total. The van der Waals surface area contributed by atoms with Gasteiger partial charge in [0.15, 0.2) is 0 Å². The zero-order valence-electron chi connectivity index (χ0n) is 12.6. The normalized spacial score (nSPS) is 15.5. The fourth-order valence-electron chi connectivity index (χ4n) is 2.39. The first-order valence-electron chi connectivity index (χ1n) is 7.11. The van der Waals surface area contributed by atoms with E-state index in [2.05, 4.69) is 5.32 Å². The Balaban J connectivity index is 1.97. The van der Waals surface area contributed by atoms with Crippen molar-refractivity contribution in [1.82, 2.24) is 15.1 Å². The maximum Gasteiger partial charge on any atom is 0.317 e. The smallest absolute Gasteiger partial charge is 0.317 e. The molecule has 0 bridgehead atoms. The molecule has 0 aromatic heterocycles. The van der Waals surface area contributed by atoms with Gasteiger partial charge in [-0.2, -0.15) is 0 Å². The number of amides is 3. The van der Waals surface area contributed by atoms with E-state index < -0.39 is 11.7 Å². The van der Waals surface area contributed by atoms with Crippen LogP contribution in [0, 0.1) is 5.82 Å². The highest BCUT2D eigenvalue weighted by atomic mass is 35.5. The van der Waals surface area contributed by atoms with Gasteiger partial charge in [-0.25, -0.2) is 9.18 Å². The first kappa shape index (κ1) is 16.5. The quantitative estimate of drug-likeness (QED) is 0.906. The van der Waals surface area contributed by atoms with Crippen molar-refractivity contribution in [1.29, 1.82) is 0 Å². The van der Waals surface area contributed by atoms with Gasteiger partial charge in [-0.15, -0.1) is 0 Å². The molecular formula is C15H19ClFN3O2. The summed E-state index contributed by atoms with van der Waals surface area (Å²) in [5.41, 5.74) is -0.0834. The van der Waals surface area contributed by atoms with Crippen LogP contribution in [0.3, 0.4) is 0 Å². The zero-order valence-corrected chi connectivity index (χ0v) is 13.4. The summed E-state index contributed by atoms with van der Waals surface area (Å²) in [4.78, 5) is 27.0. The number of likely N-dealkylation sites (tertiary alicyclic amines) is 1. The molecule has 1 aliphatic rings. The van der Waals surface area contributed by atoms with E-state index in [0.717, 1.165) is 0 Å². The number of nitrogens with one attached hydrogen (secondary N) is 1. The van der Waals surface area contributed by atoms with Crippen molar-refractivity contribution < 1.29 is 14.0 Å². The Labute approximate surface area is 134 Å². The minimum absolute atomic E-state index is 0.0232. The number of carbonyl (C=O) groups excluding carboxylic acids is 2. The summed E-state index contributed by atoms with van der Waals surface area (Å²) >= 11 is 5.93. The second-order valence-electron chi connectivity index (χ2n) is 5.51. The van der Waals surface area contributed by atoms with Gasteiger partial charge in [-0.1, -0.05) is 17.7 Å². The van der Waals surface area contributed by atoms with Crippen LogP contribution in [0.4, 0.5) is 9.18 Å². The Morgan fingerprint density at radius 2 is 1.95 bits per heavy atom. The van der Waals surface area contributed by atoms with Gasteiger partial charge in [-0.3, -0.25) is 4.79 Å². The van der Waals surface area contributed by atoms with E-state index in [-0.39, 0.29) is 22.7 Å². The molecule has 0 spiro atoms. The maximum absolute atomic E-state index is 13.8. The zero-order chi connectivity index (χ0) is 16.3. The van der Waals surface area contributed by atoms with Crippen LogP contribution in [0.2, 0.25) is 5.02 Å². The number of carbonyl (C=O) groups is 2. The van der Waals surface area contributed by atoms with Crippen LogP contribution in [0.25, 0.3) is 0 Å². The summed E-state index contributed by atoms with van der Waals surface area (Å²) in [6.07, 6.45) is 1.27. The monoisotopic (exact) mass is 327 g/mol. The van der Waals surface area contributed by atoms with E-state index in [1.165, 1.54) is 23.1 Å². The van der Waals surface area contributed by atoms with Crippen molar-refractivity contribution in [3.05, 3.63) is 34.6 Å². The number of urea groups is 1. The lowest BCUT2D eigenvalue weighted by Gasteiger charge is -2.33. The first-order chi connectivity index (χ1) is 10.4. The molecule has 0 radical (unpaired) electrons. The standard InChI is InChI=1S/C15H19ClFN3O2/c1-19(2)15(22)18-10-6-8-20(9-7-10)14(21)13-11(16)4-3-5-12(13)17/h3-5,10H,6-9H2,1-2H3,(H,18,22). The van der Waals surface area contributed by atoms with E-state index in [1.54, 1.807) is 19.0 Å². The highest BCUT2D eigenvalue weighted by molar-refractivity contribution is 6.33. The number of hydrogen-bond acceptors (Lipinski definition) is 2. The molecule has 1 aromatic rings. The molecule has 22 heavy (non-hydrogen) atoms. The summed E-state index contributed by atoms with van der Waals surface area (Å²) < 4.78 is 13.8. The molecule has 1 N–H and O–H groups in total. The second kappa shape index (κ2) is 6.96. The summed E-state index contributed by atoms with van der Waals surface area (Å²) in [6, 6.07) is 4.07. The molecule has 0 aliphatic carbocycles. The third-order valence-electron chi connectivity index (χ3n) is 3.69. The van der Waals surface area contributed by atoms with Gasteiger partial charge in [0.25, 0.3) is 5.91 Å². The van der Waals surface area contributed by atoms with E-state index in [4.69, 9.17) is 11.6 Å². The van der Waals surface area contributed by atoms with Gasteiger partial charge in [0.1, 0.15) is 5.82 Å². The number of piperidine rings is 1. The van der Waals surface area contributed by atoms with Gasteiger partial charge in [0.05, 0.1) is 10.6 Å². The Hall–Kier alpha value is -1.82. The lowest BCUT2D eigenvalue weighted by atomic mass is 10.0. The van der Waals surface area contributed by atoms with Crippen molar-refractivity contribution in [2.75, 3.05) is 27.2 Å². The van der Waals surface area contributed by atoms with Crippen LogP contribution in [0.15, 0.2) is 18.2 Å². The largest absolute Gasteiger partial charge is 0.338 e. The Bertz CT molecular complexity index is 552. The molecule has 0 atom stereocenters. The molecule has 1 aromatic carbocycles. The molecule has 120 valence electrons. The molecule has 0 unspecified atom stereocenters. The van der Waals surface area contributed by atoms with Gasteiger partial charge < -0.3 is 15.1 Å². The molecule has 2 rings (SSSR count). The summed E-state index contributed by atoms with van der Waals surface area (Å²) in [6.45, 7) is 0.920. The number of benzene rings is 1. The third-order valence-corrected chi connectivity index (χ3v) is 4.01. The maximum atomic E-state index is 13.8. The molecule has 3 amide bonds. The Morgan fingerprint density at radius 3 is 2.50 bits per heavy atom. The highest BCUT2D eigenvalue weighted by Gasteiger charge is 2.27. The third kappa shape index (κ3) is 3.68. The van der Waals surface area contributed by atoms with Gasteiger partial charge >= 0.3 is 6.03 Å². The van der Waals surface area contributed by atoms with E-state index in [1.807, 2.05) is 0 Å². The minimum Gasteiger partial charge on any atom is -0.338 e. The molecule has 0 saturated carbocycles.